The lowest BCUT2D eigenvalue weighted by molar-refractivity contribution is 0.120. The first-order valence-corrected chi connectivity index (χ1v) is 8.07. The summed E-state index contributed by atoms with van der Waals surface area (Å²) in [6.07, 6.45) is 5.07. The zero-order valence-electron chi connectivity index (χ0n) is 11.9. The van der Waals surface area contributed by atoms with Crippen molar-refractivity contribution < 1.29 is 4.74 Å². The number of hydrogen-bond acceptors (Lipinski definition) is 3. The van der Waals surface area contributed by atoms with Crippen molar-refractivity contribution >= 4 is 11.6 Å². The molecule has 0 aromatic heterocycles. The maximum absolute atomic E-state index is 6.33. The molecule has 0 bridgehead atoms. The van der Waals surface area contributed by atoms with E-state index in [1.165, 1.54) is 24.8 Å². The third kappa shape index (κ3) is 3.66. The summed E-state index contributed by atoms with van der Waals surface area (Å²) >= 11 is 6.33. The second-order valence-electron chi connectivity index (χ2n) is 5.78. The van der Waals surface area contributed by atoms with Crippen molar-refractivity contribution in [2.24, 2.45) is 0 Å². The number of piperazine rings is 1. The van der Waals surface area contributed by atoms with Gasteiger partial charge in [0.2, 0.25) is 0 Å². The van der Waals surface area contributed by atoms with E-state index in [9.17, 15) is 0 Å². The van der Waals surface area contributed by atoms with Gasteiger partial charge in [0.15, 0.2) is 0 Å². The van der Waals surface area contributed by atoms with Crippen molar-refractivity contribution in [3.8, 4) is 5.75 Å². The van der Waals surface area contributed by atoms with Crippen LogP contribution >= 0.6 is 11.6 Å². The molecule has 0 atom stereocenters. The maximum atomic E-state index is 6.33. The smallest absolute Gasteiger partial charge is 0.138 e. The lowest BCUT2D eigenvalue weighted by atomic mass is 9.96. The summed E-state index contributed by atoms with van der Waals surface area (Å²) in [6, 6.07) is 6.26. The maximum Gasteiger partial charge on any atom is 0.138 e. The minimum atomic E-state index is 0.388. The first-order valence-electron chi connectivity index (χ1n) is 7.69. The van der Waals surface area contributed by atoms with Gasteiger partial charge in [-0.05, 0) is 43.4 Å². The molecule has 3 nitrogen and oxygen atoms in total. The second kappa shape index (κ2) is 6.79. The molecule has 4 heteroatoms. The van der Waals surface area contributed by atoms with E-state index < -0.39 is 0 Å². The Morgan fingerprint density at radius 2 is 2.05 bits per heavy atom. The summed E-state index contributed by atoms with van der Waals surface area (Å²) in [6.45, 7) is 5.62. The first kappa shape index (κ1) is 14.2. The topological polar surface area (TPSA) is 24.5 Å². The molecule has 20 heavy (non-hydrogen) atoms. The summed E-state index contributed by atoms with van der Waals surface area (Å²) in [4.78, 5) is 2.50. The summed E-state index contributed by atoms with van der Waals surface area (Å²) in [7, 11) is 0. The van der Waals surface area contributed by atoms with Crippen molar-refractivity contribution in [2.75, 3.05) is 32.7 Å². The Morgan fingerprint density at radius 3 is 2.70 bits per heavy atom. The fourth-order valence-electron chi connectivity index (χ4n) is 2.69. The predicted molar refractivity (Wildman–Crippen MR) is 82.7 cm³/mol. The van der Waals surface area contributed by atoms with Crippen LogP contribution in [0.2, 0.25) is 5.02 Å². The SMILES string of the molecule is Clc1cc(CCN2CCNCC2)ccc1OC1CCC1. The van der Waals surface area contributed by atoms with Crippen LogP contribution in [0.3, 0.4) is 0 Å². The minimum absolute atomic E-state index is 0.388. The van der Waals surface area contributed by atoms with Crippen molar-refractivity contribution in [2.45, 2.75) is 31.8 Å². The third-order valence-electron chi connectivity index (χ3n) is 4.27. The van der Waals surface area contributed by atoms with Gasteiger partial charge in [-0.15, -0.1) is 0 Å². The molecule has 1 saturated carbocycles. The van der Waals surface area contributed by atoms with Gasteiger partial charge < -0.3 is 15.0 Å². The van der Waals surface area contributed by atoms with E-state index >= 15 is 0 Å². The molecule has 0 radical (unpaired) electrons. The molecule has 2 aliphatic rings. The number of rotatable bonds is 5. The van der Waals surface area contributed by atoms with Crippen LogP contribution in [0.1, 0.15) is 24.8 Å². The molecule has 0 amide bonds. The number of hydrogen-bond donors (Lipinski definition) is 1. The summed E-state index contributed by atoms with van der Waals surface area (Å²) in [5, 5.41) is 4.14. The van der Waals surface area contributed by atoms with Crippen LogP contribution in [0.4, 0.5) is 0 Å². The van der Waals surface area contributed by atoms with Gasteiger partial charge in [-0.1, -0.05) is 17.7 Å². The highest BCUT2D eigenvalue weighted by Crippen LogP contribution is 2.31. The highest BCUT2D eigenvalue weighted by molar-refractivity contribution is 6.32. The lowest BCUT2D eigenvalue weighted by Crippen LogP contribution is -2.44. The van der Waals surface area contributed by atoms with E-state index in [0.717, 1.165) is 49.9 Å². The number of nitrogens with one attached hydrogen (secondary N) is 1. The zero-order chi connectivity index (χ0) is 13.8. The summed E-state index contributed by atoms with van der Waals surface area (Å²) in [5.41, 5.74) is 1.30. The number of benzene rings is 1. The highest BCUT2D eigenvalue weighted by Gasteiger charge is 2.20. The van der Waals surface area contributed by atoms with Gasteiger partial charge in [0, 0.05) is 32.7 Å². The Morgan fingerprint density at radius 1 is 1.25 bits per heavy atom. The molecule has 0 spiro atoms. The van der Waals surface area contributed by atoms with E-state index in [2.05, 4.69) is 22.3 Å². The average Bonchev–Trinajstić information content (AvgIpc) is 2.43. The van der Waals surface area contributed by atoms with Crippen molar-refractivity contribution in [3.63, 3.8) is 0 Å². The molecule has 2 fully saturated rings. The van der Waals surface area contributed by atoms with Gasteiger partial charge in [0.1, 0.15) is 5.75 Å². The van der Waals surface area contributed by atoms with Gasteiger partial charge in [-0.25, -0.2) is 0 Å². The van der Waals surface area contributed by atoms with Gasteiger partial charge in [0.25, 0.3) is 0 Å². The molecule has 1 aliphatic carbocycles. The molecule has 1 saturated heterocycles. The summed E-state index contributed by atoms with van der Waals surface area (Å²) in [5.74, 6) is 0.849. The van der Waals surface area contributed by atoms with Gasteiger partial charge in [-0.2, -0.15) is 0 Å². The Hall–Kier alpha value is -0.770. The molecule has 1 aliphatic heterocycles. The Kier molecular flexibility index (Phi) is 4.81. The Labute approximate surface area is 126 Å². The summed E-state index contributed by atoms with van der Waals surface area (Å²) < 4.78 is 5.88. The van der Waals surface area contributed by atoms with Crippen LogP contribution < -0.4 is 10.1 Å². The number of ether oxygens (including phenoxy) is 1. The fraction of sp³-hybridized carbons (Fsp3) is 0.625. The van der Waals surface area contributed by atoms with Crippen LogP contribution in [-0.2, 0) is 6.42 Å². The van der Waals surface area contributed by atoms with E-state index in [1.54, 1.807) is 0 Å². The van der Waals surface area contributed by atoms with Gasteiger partial charge in [-0.3, -0.25) is 0 Å². The number of nitrogens with zero attached hydrogens (tertiary/aromatic N) is 1. The minimum Gasteiger partial charge on any atom is -0.489 e. The average molecular weight is 295 g/mol. The highest BCUT2D eigenvalue weighted by atomic mass is 35.5. The largest absolute Gasteiger partial charge is 0.489 e. The van der Waals surface area contributed by atoms with E-state index in [-0.39, 0.29) is 0 Å². The van der Waals surface area contributed by atoms with E-state index in [4.69, 9.17) is 16.3 Å². The van der Waals surface area contributed by atoms with Crippen molar-refractivity contribution in [3.05, 3.63) is 28.8 Å². The lowest BCUT2D eigenvalue weighted by Gasteiger charge is -2.28. The normalized spacial score (nSPS) is 20.6. The van der Waals surface area contributed by atoms with E-state index in [0.29, 0.717) is 6.10 Å². The Bertz CT molecular complexity index is 442. The van der Waals surface area contributed by atoms with Crippen molar-refractivity contribution in [1.82, 2.24) is 10.2 Å². The van der Waals surface area contributed by atoms with Crippen LogP contribution in [0.5, 0.6) is 5.75 Å². The third-order valence-corrected chi connectivity index (χ3v) is 4.56. The van der Waals surface area contributed by atoms with Gasteiger partial charge >= 0.3 is 0 Å². The first-order chi connectivity index (χ1) is 9.81. The molecule has 1 aromatic rings. The standard InChI is InChI=1S/C16H23ClN2O/c17-15-12-13(6-9-19-10-7-18-8-11-19)4-5-16(15)20-14-2-1-3-14/h4-5,12,14,18H,1-3,6-11H2. The van der Waals surface area contributed by atoms with Crippen LogP contribution in [-0.4, -0.2) is 43.7 Å². The molecule has 1 N–H and O–H groups in total. The van der Waals surface area contributed by atoms with Crippen LogP contribution in [0.25, 0.3) is 0 Å². The Balaban J connectivity index is 1.52. The van der Waals surface area contributed by atoms with E-state index in [1.807, 2.05) is 6.07 Å². The monoisotopic (exact) mass is 294 g/mol. The molecule has 3 rings (SSSR count). The molecule has 1 aromatic carbocycles. The van der Waals surface area contributed by atoms with Crippen LogP contribution in [0.15, 0.2) is 18.2 Å². The number of halogens is 1. The quantitative estimate of drug-likeness (QED) is 0.904. The van der Waals surface area contributed by atoms with Crippen molar-refractivity contribution in [1.29, 1.82) is 0 Å². The van der Waals surface area contributed by atoms with Gasteiger partial charge in [0.05, 0.1) is 11.1 Å². The molecule has 110 valence electrons. The molecule has 1 heterocycles. The molecular weight excluding hydrogens is 272 g/mol. The molecule has 0 unspecified atom stereocenters. The zero-order valence-corrected chi connectivity index (χ0v) is 12.7. The fourth-order valence-corrected chi connectivity index (χ4v) is 2.93. The van der Waals surface area contributed by atoms with Crippen LogP contribution in [0, 0.1) is 0 Å². The molecular formula is C16H23ClN2O. The second-order valence-corrected chi connectivity index (χ2v) is 6.18. The predicted octanol–water partition coefficient (Wildman–Crippen LogP) is 2.72.